The molecule has 3 aromatic rings. The molecule has 1 aliphatic rings. The number of piperazine rings is 1. The number of pyridine rings is 1. The fourth-order valence-corrected chi connectivity index (χ4v) is 3.42. The fourth-order valence-electron chi connectivity index (χ4n) is 3.42. The van der Waals surface area contributed by atoms with Crippen LogP contribution in [-0.2, 0) is 6.42 Å². The molecule has 0 bridgehead atoms. The third-order valence-corrected chi connectivity index (χ3v) is 5.00. The quantitative estimate of drug-likeness (QED) is 0.698. The van der Waals surface area contributed by atoms with Crippen molar-refractivity contribution >= 4 is 17.5 Å². The topological polar surface area (TPSA) is 74.2 Å². The third kappa shape index (κ3) is 4.87. The van der Waals surface area contributed by atoms with E-state index in [1.54, 1.807) is 18.6 Å². The minimum absolute atomic E-state index is 0.140. The van der Waals surface area contributed by atoms with E-state index >= 15 is 0 Å². The largest absolute Gasteiger partial charge is 0.368 e. The second-order valence-corrected chi connectivity index (χ2v) is 6.91. The van der Waals surface area contributed by atoms with Crippen molar-refractivity contribution in [3.05, 3.63) is 78.4 Å². The van der Waals surface area contributed by atoms with Crippen molar-refractivity contribution in [1.29, 1.82) is 0 Å². The zero-order valence-corrected chi connectivity index (χ0v) is 16.2. The zero-order valence-electron chi connectivity index (χ0n) is 16.2. The number of rotatable bonds is 6. The van der Waals surface area contributed by atoms with Gasteiger partial charge in [0.2, 0.25) is 5.95 Å². The number of nitrogens with one attached hydrogen (secondary N) is 1. The molecule has 0 unspecified atom stereocenters. The average Bonchev–Trinajstić information content (AvgIpc) is 2.80. The Kier molecular flexibility index (Phi) is 5.95. The predicted octanol–water partition coefficient (Wildman–Crippen LogP) is 2.17. The Bertz CT molecular complexity index is 926. The van der Waals surface area contributed by atoms with Crippen molar-refractivity contribution in [2.75, 3.05) is 42.5 Å². The molecule has 0 saturated carbocycles. The number of hydrogen-bond donors (Lipinski definition) is 1. The van der Waals surface area contributed by atoms with Crippen molar-refractivity contribution in [3.8, 4) is 0 Å². The Labute approximate surface area is 170 Å². The number of carbonyl (C=O) groups is 1. The first-order chi connectivity index (χ1) is 14.3. The van der Waals surface area contributed by atoms with Gasteiger partial charge in [0, 0.05) is 57.0 Å². The highest BCUT2D eigenvalue weighted by atomic mass is 16.1. The third-order valence-electron chi connectivity index (χ3n) is 5.00. The van der Waals surface area contributed by atoms with Gasteiger partial charge in [-0.1, -0.05) is 30.3 Å². The molecule has 2 aromatic heterocycles. The summed E-state index contributed by atoms with van der Waals surface area (Å²) in [6.45, 7) is 3.95. The molecule has 7 heteroatoms. The van der Waals surface area contributed by atoms with E-state index in [-0.39, 0.29) is 5.91 Å². The minimum atomic E-state index is -0.140. The molecule has 7 nitrogen and oxygen atoms in total. The second-order valence-electron chi connectivity index (χ2n) is 6.91. The molecule has 1 N–H and O–H groups in total. The Hall–Kier alpha value is -3.48. The maximum Gasteiger partial charge on any atom is 0.269 e. The van der Waals surface area contributed by atoms with E-state index in [1.807, 2.05) is 36.4 Å². The Morgan fingerprint density at radius 1 is 0.862 bits per heavy atom. The SMILES string of the molecule is O=C(NCCc1ccccc1)c1cc(N2CCN(c3ncccn3)CC2)ccn1. The van der Waals surface area contributed by atoms with Gasteiger partial charge in [-0.2, -0.15) is 0 Å². The summed E-state index contributed by atoms with van der Waals surface area (Å²) < 4.78 is 0. The molecule has 1 saturated heterocycles. The van der Waals surface area contributed by atoms with Crippen LogP contribution in [0.25, 0.3) is 0 Å². The van der Waals surface area contributed by atoms with E-state index in [9.17, 15) is 4.79 Å². The Morgan fingerprint density at radius 3 is 2.34 bits per heavy atom. The molecule has 0 spiro atoms. The molecule has 29 heavy (non-hydrogen) atoms. The summed E-state index contributed by atoms with van der Waals surface area (Å²) in [7, 11) is 0. The molecule has 1 aromatic carbocycles. The van der Waals surface area contributed by atoms with Crippen LogP contribution in [0.1, 0.15) is 16.1 Å². The normalized spacial score (nSPS) is 13.9. The lowest BCUT2D eigenvalue weighted by Crippen LogP contribution is -2.47. The van der Waals surface area contributed by atoms with Crippen molar-refractivity contribution in [2.45, 2.75) is 6.42 Å². The smallest absolute Gasteiger partial charge is 0.269 e. The van der Waals surface area contributed by atoms with Gasteiger partial charge in [0.1, 0.15) is 5.69 Å². The zero-order chi connectivity index (χ0) is 19.9. The van der Waals surface area contributed by atoms with Crippen LogP contribution in [-0.4, -0.2) is 53.6 Å². The van der Waals surface area contributed by atoms with Gasteiger partial charge in [-0.25, -0.2) is 9.97 Å². The molecule has 3 heterocycles. The maximum absolute atomic E-state index is 12.5. The summed E-state index contributed by atoms with van der Waals surface area (Å²) >= 11 is 0. The Morgan fingerprint density at radius 2 is 1.59 bits per heavy atom. The van der Waals surface area contributed by atoms with Crippen LogP contribution in [0.4, 0.5) is 11.6 Å². The van der Waals surface area contributed by atoms with Crippen LogP contribution in [0.5, 0.6) is 0 Å². The van der Waals surface area contributed by atoms with Crippen molar-refractivity contribution in [1.82, 2.24) is 20.3 Å². The van der Waals surface area contributed by atoms with Gasteiger partial charge >= 0.3 is 0 Å². The number of amides is 1. The van der Waals surface area contributed by atoms with Gasteiger partial charge in [0.25, 0.3) is 5.91 Å². The molecule has 1 aliphatic heterocycles. The van der Waals surface area contributed by atoms with Crippen molar-refractivity contribution in [3.63, 3.8) is 0 Å². The standard InChI is InChI=1S/C22H24N6O/c29-21(24-11-7-18-5-2-1-3-6-18)20-17-19(8-12-23-20)27-13-15-28(16-14-27)22-25-9-4-10-26-22/h1-6,8-10,12,17H,7,11,13-16H2,(H,24,29). The lowest BCUT2D eigenvalue weighted by Gasteiger charge is -2.36. The molecule has 148 valence electrons. The average molecular weight is 388 g/mol. The first kappa shape index (κ1) is 18.9. The molecule has 0 aliphatic carbocycles. The summed E-state index contributed by atoms with van der Waals surface area (Å²) in [6, 6.07) is 15.8. The predicted molar refractivity (Wildman–Crippen MR) is 113 cm³/mol. The maximum atomic E-state index is 12.5. The highest BCUT2D eigenvalue weighted by Gasteiger charge is 2.20. The molecule has 1 amide bonds. The molecular weight excluding hydrogens is 364 g/mol. The van der Waals surface area contributed by atoms with E-state index in [0.717, 1.165) is 44.2 Å². The monoisotopic (exact) mass is 388 g/mol. The van der Waals surface area contributed by atoms with E-state index in [4.69, 9.17) is 0 Å². The van der Waals surface area contributed by atoms with E-state index in [0.29, 0.717) is 12.2 Å². The van der Waals surface area contributed by atoms with Crippen molar-refractivity contribution < 1.29 is 4.79 Å². The molecule has 0 radical (unpaired) electrons. The molecule has 0 atom stereocenters. The van der Waals surface area contributed by atoms with Gasteiger partial charge in [0.05, 0.1) is 0 Å². The number of aromatic nitrogens is 3. The number of carbonyl (C=O) groups excluding carboxylic acids is 1. The van der Waals surface area contributed by atoms with Crippen LogP contribution in [0, 0.1) is 0 Å². The van der Waals surface area contributed by atoms with Crippen LogP contribution in [0.2, 0.25) is 0 Å². The van der Waals surface area contributed by atoms with Crippen LogP contribution in [0.15, 0.2) is 67.1 Å². The lowest BCUT2D eigenvalue weighted by atomic mass is 10.1. The highest BCUT2D eigenvalue weighted by molar-refractivity contribution is 5.93. The van der Waals surface area contributed by atoms with Gasteiger partial charge in [-0.05, 0) is 30.2 Å². The Balaban J connectivity index is 1.32. The summed E-state index contributed by atoms with van der Waals surface area (Å²) in [6.07, 6.45) is 6.03. The second kappa shape index (κ2) is 9.14. The van der Waals surface area contributed by atoms with E-state index in [1.165, 1.54) is 5.56 Å². The number of hydrogen-bond acceptors (Lipinski definition) is 6. The summed E-state index contributed by atoms with van der Waals surface area (Å²) in [5, 5.41) is 2.96. The van der Waals surface area contributed by atoms with Gasteiger partial charge in [0.15, 0.2) is 0 Å². The van der Waals surface area contributed by atoms with Crippen LogP contribution < -0.4 is 15.1 Å². The molecule has 1 fully saturated rings. The summed E-state index contributed by atoms with van der Waals surface area (Å²) in [5.41, 5.74) is 2.67. The molecule has 4 rings (SSSR count). The van der Waals surface area contributed by atoms with E-state index < -0.39 is 0 Å². The number of benzene rings is 1. The van der Waals surface area contributed by atoms with Gasteiger partial charge in [-0.15, -0.1) is 0 Å². The lowest BCUT2D eigenvalue weighted by molar-refractivity contribution is 0.0949. The molecular formula is C22H24N6O. The van der Waals surface area contributed by atoms with Gasteiger partial charge < -0.3 is 15.1 Å². The summed E-state index contributed by atoms with van der Waals surface area (Å²) in [5.74, 6) is 0.625. The van der Waals surface area contributed by atoms with Crippen molar-refractivity contribution in [2.24, 2.45) is 0 Å². The number of anilines is 2. The fraction of sp³-hybridized carbons (Fsp3) is 0.273. The summed E-state index contributed by atoms with van der Waals surface area (Å²) in [4.78, 5) is 29.8. The highest BCUT2D eigenvalue weighted by Crippen LogP contribution is 2.18. The van der Waals surface area contributed by atoms with Crippen LogP contribution >= 0.6 is 0 Å². The first-order valence-electron chi connectivity index (χ1n) is 9.85. The first-order valence-corrected chi connectivity index (χ1v) is 9.85. The number of nitrogens with zero attached hydrogens (tertiary/aromatic N) is 5. The minimum Gasteiger partial charge on any atom is -0.368 e. The van der Waals surface area contributed by atoms with Gasteiger partial charge in [-0.3, -0.25) is 9.78 Å². The van der Waals surface area contributed by atoms with E-state index in [2.05, 4.69) is 42.2 Å². The van der Waals surface area contributed by atoms with Crippen LogP contribution in [0.3, 0.4) is 0 Å².